The summed E-state index contributed by atoms with van der Waals surface area (Å²) in [6.45, 7) is -0.553. The van der Waals surface area contributed by atoms with Gasteiger partial charge in [-0.15, -0.1) is 0 Å². The lowest BCUT2D eigenvalue weighted by Gasteiger charge is -2.35. The van der Waals surface area contributed by atoms with E-state index in [1.807, 2.05) is 42.5 Å². The molecule has 1 fully saturated rings. The van der Waals surface area contributed by atoms with Crippen molar-refractivity contribution in [2.75, 3.05) is 18.0 Å². The number of sulfonamides is 1. The molecule has 0 aromatic heterocycles. The van der Waals surface area contributed by atoms with Crippen molar-refractivity contribution in [3.63, 3.8) is 0 Å². The van der Waals surface area contributed by atoms with Gasteiger partial charge in [0, 0.05) is 30.1 Å². The van der Waals surface area contributed by atoms with Gasteiger partial charge in [-0.2, -0.15) is 0 Å². The van der Waals surface area contributed by atoms with Crippen LogP contribution < -0.4 is 14.4 Å². The molecule has 1 N–H and O–H groups in total. The summed E-state index contributed by atoms with van der Waals surface area (Å²) in [5.41, 5.74) is 1.77. The third kappa shape index (κ3) is 8.73. The summed E-state index contributed by atoms with van der Waals surface area (Å²) in [4.78, 5) is 30.4. The van der Waals surface area contributed by atoms with Crippen LogP contribution in [0.5, 0.6) is 5.75 Å². The molecular formula is C37H40ClN3O5S. The third-order valence-electron chi connectivity index (χ3n) is 8.47. The number of rotatable bonds is 13. The lowest BCUT2D eigenvalue weighted by Crippen LogP contribution is -2.55. The van der Waals surface area contributed by atoms with E-state index >= 15 is 0 Å². The van der Waals surface area contributed by atoms with E-state index in [0.717, 1.165) is 42.0 Å². The van der Waals surface area contributed by atoms with E-state index in [9.17, 15) is 18.0 Å². The van der Waals surface area contributed by atoms with Crippen molar-refractivity contribution in [1.29, 1.82) is 0 Å². The fourth-order valence-electron chi connectivity index (χ4n) is 5.92. The third-order valence-corrected chi connectivity index (χ3v) is 10.6. The van der Waals surface area contributed by atoms with Crippen LogP contribution >= 0.6 is 11.6 Å². The highest BCUT2D eigenvalue weighted by molar-refractivity contribution is 7.92. The lowest BCUT2D eigenvalue weighted by molar-refractivity contribution is -0.140. The standard InChI is InChI=1S/C37H40ClN3O5S/c1-46-32-20-13-19-31(25-32)41(47(44,45)33-21-9-4-10-22-33)27-36(42)40(26-29-16-11-12-23-34(29)38)35(24-28-14-5-2-6-15-28)37(43)39-30-17-7-3-8-18-30/h2,4-6,9-16,19-23,25,30,35H,3,7-8,17-18,24,26-27H2,1H3,(H,39,43)/t35-/m1/s1. The minimum absolute atomic E-state index is 0.00539. The van der Waals surface area contributed by atoms with Crippen molar-refractivity contribution < 1.29 is 22.7 Å². The summed E-state index contributed by atoms with van der Waals surface area (Å²) in [6.07, 6.45) is 5.18. The fraction of sp³-hybridized carbons (Fsp3) is 0.297. The second kappa shape index (κ2) is 16.0. The molecule has 10 heteroatoms. The first kappa shape index (κ1) is 34.0. The summed E-state index contributed by atoms with van der Waals surface area (Å²) in [5, 5.41) is 3.66. The van der Waals surface area contributed by atoms with Gasteiger partial charge in [0.2, 0.25) is 11.8 Å². The minimum atomic E-state index is -4.21. The number of anilines is 1. The van der Waals surface area contributed by atoms with Crippen molar-refractivity contribution in [2.45, 2.75) is 62.0 Å². The van der Waals surface area contributed by atoms with E-state index in [1.54, 1.807) is 54.6 Å². The van der Waals surface area contributed by atoms with Gasteiger partial charge in [-0.25, -0.2) is 8.42 Å². The zero-order valence-electron chi connectivity index (χ0n) is 26.4. The first-order chi connectivity index (χ1) is 22.8. The molecule has 1 aliphatic rings. The Labute approximate surface area is 282 Å². The molecule has 1 atom stereocenters. The van der Waals surface area contributed by atoms with Gasteiger partial charge < -0.3 is 15.0 Å². The van der Waals surface area contributed by atoms with Gasteiger partial charge in [-0.3, -0.25) is 13.9 Å². The fourth-order valence-corrected chi connectivity index (χ4v) is 7.54. The Hall–Kier alpha value is -4.34. The van der Waals surface area contributed by atoms with Gasteiger partial charge in [0.15, 0.2) is 0 Å². The Kier molecular flexibility index (Phi) is 11.6. The molecule has 2 amide bonds. The minimum Gasteiger partial charge on any atom is -0.497 e. The van der Waals surface area contributed by atoms with Gasteiger partial charge in [-0.05, 0) is 54.3 Å². The van der Waals surface area contributed by atoms with Crippen LogP contribution in [0, 0.1) is 0 Å². The van der Waals surface area contributed by atoms with Crippen molar-refractivity contribution in [1.82, 2.24) is 10.2 Å². The maximum absolute atomic E-state index is 14.7. The van der Waals surface area contributed by atoms with Crippen molar-refractivity contribution in [2.24, 2.45) is 0 Å². The molecule has 246 valence electrons. The number of carbonyl (C=O) groups is 2. The molecule has 0 aliphatic heterocycles. The summed E-state index contributed by atoms with van der Waals surface area (Å²) >= 11 is 6.60. The molecular weight excluding hydrogens is 634 g/mol. The highest BCUT2D eigenvalue weighted by Gasteiger charge is 2.35. The van der Waals surface area contributed by atoms with Crippen LogP contribution in [0.25, 0.3) is 0 Å². The van der Waals surface area contributed by atoms with Gasteiger partial charge in [0.25, 0.3) is 10.0 Å². The van der Waals surface area contributed by atoms with Crippen LogP contribution in [-0.2, 0) is 32.6 Å². The summed E-state index contributed by atoms with van der Waals surface area (Å²) < 4.78 is 34.8. The largest absolute Gasteiger partial charge is 0.497 e. The van der Waals surface area contributed by atoms with Crippen LogP contribution in [0.4, 0.5) is 5.69 Å². The second-order valence-corrected chi connectivity index (χ2v) is 14.0. The van der Waals surface area contributed by atoms with Crippen LogP contribution in [-0.4, -0.2) is 50.9 Å². The van der Waals surface area contributed by atoms with Crippen molar-refractivity contribution in [3.05, 3.63) is 125 Å². The summed E-state index contributed by atoms with van der Waals surface area (Å²) in [7, 11) is -2.72. The normalized spacial score (nSPS) is 14.2. The maximum Gasteiger partial charge on any atom is 0.264 e. The number of nitrogens with one attached hydrogen (secondary N) is 1. The molecule has 4 aromatic rings. The first-order valence-electron chi connectivity index (χ1n) is 15.9. The number of hydrogen-bond donors (Lipinski definition) is 1. The molecule has 0 bridgehead atoms. The molecule has 0 spiro atoms. The van der Waals surface area contributed by atoms with Gasteiger partial charge in [-0.1, -0.05) is 104 Å². The van der Waals surface area contributed by atoms with Crippen molar-refractivity contribution >= 4 is 39.1 Å². The highest BCUT2D eigenvalue weighted by atomic mass is 35.5. The molecule has 1 saturated carbocycles. The van der Waals surface area contributed by atoms with E-state index in [2.05, 4.69) is 5.32 Å². The number of nitrogens with zero attached hydrogens (tertiary/aromatic N) is 2. The molecule has 8 nitrogen and oxygen atoms in total. The maximum atomic E-state index is 14.7. The Morgan fingerprint density at radius 2 is 1.53 bits per heavy atom. The van der Waals surface area contributed by atoms with Crippen LogP contribution in [0.1, 0.15) is 43.2 Å². The number of halogens is 1. The molecule has 4 aromatic carbocycles. The molecule has 0 unspecified atom stereocenters. The van der Waals surface area contributed by atoms with Crippen molar-refractivity contribution in [3.8, 4) is 5.75 Å². The number of ether oxygens (including phenoxy) is 1. The van der Waals surface area contributed by atoms with E-state index in [0.29, 0.717) is 16.3 Å². The molecule has 1 aliphatic carbocycles. The number of amides is 2. The van der Waals surface area contributed by atoms with E-state index in [4.69, 9.17) is 16.3 Å². The average molecular weight is 674 g/mol. The smallest absolute Gasteiger partial charge is 0.264 e. The van der Waals surface area contributed by atoms with Gasteiger partial charge >= 0.3 is 0 Å². The number of hydrogen-bond acceptors (Lipinski definition) is 5. The first-order valence-corrected chi connectivity index (χ1v) is 17.7. The Balaban J connectivity index is 1.57. The Morgan fingerprint density at radius 3 is 2.21 bits per heavy atom. The second-order valence-electron chi connectivity index (χ2n) is 11.7. The predicted molar refractivity (Wildman–Crippen MR) is 185 cm³/mol. The van der Waals surface area contributed by atoms with Gasteiger partial charge in [0.05, 0.1) is 17.7 Å². The van der Waals surface area contributed by atoms with Crippen LogP contribution in [0.2, 0.25) is 5.02 Å². The SMILES string of the molecule is COc1cccc(N(CC(=O)N(Cc2ccccc2Cl)[C@H](Cc2ccccc2)C(=O)NC2CCCCC2)S(=O)(=O)c2ccccc2)c1. The highest BCUT2D eigenvalue weighted by Crippen LogP contribution is 2.28. The zero-order valence-corrected chi connectivity index (χ0v) is 28.0. The molecule has 47 heavy (non-hydrogen) atoms. The van der Waals surface area contributed by atoms with E-state index in [1.165, 1.54) is 24.1 Å². The number of methoxy groups -OCH3 is 1. The van der Waals surface area contributed by atoms with Crippen LogP contribution in [0.3, 0.4) is 0 Å². The van der Waals surface area contributed by atoms with Gasteiger partial charge in [0.1, 0.15) is 18.3 Å². The predicted octanol–water partition coefficient (Wildman–Crippen LogP) is 6.63. The quantitative estimate of drug-likeness (QED) is 0.172. The topological polar surface area (TPSA) is 96.0 Å². The molecule has 0 saturated heterocycles. The monoisotopic (exact) mass is 673 g/mol. The summed E-state index contributed by atoms with van der Waals surface area (Å²) in [5.74, 6) is -0.392. The van der Waals surface area contributed by atoms with E-state index < -0.39 is 28.5 Å². The molecule has 0 heterocycles. The number of carbonyl (C=O) groups excluding carboxylic acids is 2. The number of benzene rings is 4. The summed E-state index contributed by atoms with van der Waals surface area (Å²) in [6, 6.07) is 30.3. The average Bonchev–Trinajstić information content (AvgIpc) is 3.10. The van der Waals surface area contributed by atoms with E-state index in [-0.39, 0.29) is 35.5 Å². The molecule has 0 radical (unpaired) electrons. The Morgan fingerprint density at radius 1 is 0.872 bits per heavy atom. The molecule has 5 rings (SSSR count). The Bertz CT molecular complexity index is 1750. The lowest BCUT2D eigenvalue weighted by atomic mass is 9.94. The van der Waals surface area contributed by atoms with Crippen LogP contribution in [0.15, 0.2) is 114 Å². The zero-order chi connectivity index (χ0) is 33.2.